The van der Waals surface area contributed by atoms with E-state index in [9.17, 15) is 18.0 Å². The molecule has 0 aliphatic heterocycles. The quantitative estimate of drug-likeness (QED) is 0.488. The first-order chi connectivity index (χ1) is 16.3. The van der Waals surface area contributed by atoms with Crippen molar-refractivity contribution in [3.63, 3.8) is 0 Å². The fraction of sp³-hybridized carbons (Fsp3) is 0.259. The number of sulfone groups is 1. The molecule has 1 saturated carbocycles. The number of amides is 2. The second kappa shape index (κ2) is 10.2. The van der Waals surface area contributed by atoms with Crippen LogP contribution in [0.4, 0.5) is 5.69 Å². The molecule has 2 N–H and O–H groups in total. The van der Waals surface area contributed by atoms with E-state index in [1.165, 1.54) is 0 Å². The van der Waals surface area contributed by atoms with Crippen LogP contribution in [0, 0.1) is 5.92 Å². The Morgan fingerprint density at radius 1 is 0.912 bits per heavy atom. The number of hydrogen-bond donors (Lipinski definition) is 2. The molecule has 176 valence electrons. The van der Waals surface area contributed by atoms with Gasteiger partial charge in [-0.1, -0.05) is 42.5 Å². The Kier molecular flexibility index (Phi) is 7.12. The Hall–Kier alpha value is -3.45. The molecule has 0 spiro atoms. The molecule has 0 bridgehead atoms. The first kappa shape index (κ1) is 23.7. The van der Waals surface area contributed by atoms with Crippen molar-refractivity contribution in [2.24, 2.45) is 5.92 Å². The van der Waals surface area contributed by atoms with Gasteiger partial charge in [-0.25, -0.2) is 8.42 Å². The minimum absolute atomic E-state index is 0.119. The molecule has 7 heteroatoms. The van der Waals surface area contributed by atoms with E-state index in [1.54, 1.807) is 43.4 Å². The Morgan fingerprint density at radius 2 is 1.62 bits per heavy atom. The fourth-order valence-electron chi connectivity index (χ4n) is 3.89. The maximum atomic E-state index is 12.7. The first-order valence-electron chi connectivity index (χ1n) is 11.3. The Morgan fingerprint density at radius 3 is 2.26 bits per heavy atom. The molecule has 0 unspecified atom stereocenters. The average molecular weight is 477 g/mol. The van der Waals surface area contributed by atoms with Gasteiger partial charge >= 0.3 is 0 Å². The standard InChI is InChI=1S/C27H28N2O4S/c1-28-27(31)25-14-11-23(17-22(25)15-19-5-3-2-4-6-19)29-26(30)16-20-9-12-24(13-10-20)34(32,33)18-21-7-8-21/h2-6,9-14,17,21H,7-8,15-16,18H2,1H3,(H,28,31)(H,29,30). The average Bonchev–Trinajstić information content (AvgIpc) is 3.63. The molecule has 34 heavy (non-hydrogen) atoms. The summed E-state index contributed by atoms with van der Waals surface area (Å²) in [6.45, 7) is 0. The summed E-state index contributed by atoms with van der Waals surface area (Å²) >= 11 is 0. The maximum absolute atomic E-state index is 12.7. The molecule has 2 amide bonds. The van der Waals surface area contributed by atoms with E-state index in [4.69, 9.17) is 0 Å². The van der Waals surface area contributed by atoms with Gasteiger partial charge in [-0.05, 0) is 72.2 Å². The smallest absolute Gasteiger partial charge is 0.251 e. The summed E-state index contributed by atoms with van der Waals surface area (Å²) in [6, 6.07) is 21.6. The first-order valence-corrected chi connectivity index (χ1v) is 13.0. The number of hydrogen-bond acceptors (Lipinski definition) is 4. The van der Waals surface area contributed by atoms with Crippen molar-refractivity contribution in [3.8, 4) is 0 Å². The highest BCUT2D eigenvalue weighted by molar-refractivity contribution is 7.91. The van der Waals surface area contributed by atoms with E-state index in [0.717, 1.165) is 29.5 Å². The molecule has 6 nitrogen and oxygen atoms in total. The van der Waals surface area contributed by atoms with Crippen molar-refractivity contribution < 1.29 is 18.0 Å². The van der Waals surface area contributed by atoms with E-state index in [2.05, 4.69) is 10.6 Å². The van der Waals surface area contributed by atoms with Crippen LogP contribution in [0.3, 0.4) is 0 Å². The third-order valence-corrected chi connectivity index (χ3v) is 7.80. The number of benzene rings is 3. The van der Waals surface area contributed by atoms with Crippen LogP contribution in [0.5, 0.6) is 0 Å². The monoisotopic (exact) mass is 476 g/mol. The molecule has 1 aliphatic rings. The van der Waals surface area contributed by atoms with E-state index in [1.807, 2.05) is 36.4 Å². The van der Waals surface area contributed by atoms with Gasteiger partial charge in [-0.2, -0.15) is 0 Å². The summed E-state index contributed by atoms with van der Waals surface area (Å²) in [5.41, 5.74) is 3.77. The molecular weight excluding hydrogens is 448 g/mol. The largest absolute Gasteiger partial charge is 0.355 e. The van der Waals surface area contributed by atoms with Crippen molar-refractivity contribution in [1.82, 2.24) is 5.32 Å². The van der Waals surface area contributed by atoms with Crippen LogP contribution in [-0.2, 0) is 27.5 Å². The lowest BCUT2D eigenvalue weighted by molar-refractivity contribution is -0.115. The highest BCUT2D eigenvalue weighted by atomic mass is 32.2. The lowest BCUT2D eigenvalue weighted by Crippen LogP contribution is -2.20. The van der Waals surface area contributed by atoms with Gasteiger partial charge in [-0.15, -0.1) is 0 Å². The lowest BCUT2D eigenvalue weighted by Gasteiger charge is -2.12. The Bertz CT molecular complexity index is 1280. The number of carbonyl (C=O) groups is 2. The summed E-state index contributed by atoms with van der Waals surface area (Å²) in [7, 11) is -1.68. The van der Waals surface area contributed by atoms with Crippen LogP contribution in [-0.4, -0.2) is 33.0 Å². The topological polar surface area (TPSA) is 92.3 Å². The van der Waals surface area contributed by atoms with E-state index < -0.39 is 9.84 Å². The van der Waals surface area contributed by atoms with Gasteiger partial charge < -0.3 is 10.6 Å². The van der Waals surface area contributed by atoms with Gasteiger partial charge in [0, 0.05) is 18.3 Å². The van der Waals surface area contributed by atoms with Gasteiger partial charge in [-0.3, -0.25) is 9.59 Å². The van der Waals surface area contributed by atoms with Crippen LogP contribution < -0.4 is 10.6 Å². The molecule has 0 heterocycles. The number of rotatable bonds is 9. The summed E-state index contributed by atoms with van der Waals surface area (Å²) in [5.74, 6) is 0.0917. The zero-order valence-corrected chi connectivity index (χ0v) is 19.9. The van der Waals surface area contributed by atoms with E-state index in [-0.39, 0.29) is 29.9 Å². The zero-order valence-electron chi connectivity index (χ0n) is 19.1. The minimum Gasteiger partial charge on any atom is -0.355 e. The van der Waals surface area contributed by atoms with Gasteiger partial charge in [0.1, 0.15) is 0 Å². The van der Waals surface area contributed by atoms with Crippen molar-refractivity contribution >= 4 is 27.3 Å². The molecule has 4 rings (SSSR count). The van der Waals surface area contributed by atoms with Crippen LogP contribution in [0.1, 0.15) is 39.9 Å². The minimum atomic E-state index is -3.27. The number of nitrogens with one attached hydrogen (secondary N) is 2. The van der Waals surface area contributed by atoms with Crippen molar-refractivity contribution in [2.75, 3.05) is 18.1 Å². The van der Waals surface area contributed by atoms with Crippen LogP contribution >= 0.6 is 0 Å². The second-order valence-electron chi connectivity index (χ2n) is 8.71. The summed E-state index contributed by atoms with van der Waals surface area (Å²) in [4.78, 5) is 25.3. The molecule has 0 saturated heterocycles. The maximum Gasteiger partial charge on any atom is 0.251 e. The molecule has 1 aliphatic carbocycles. The third-order valence-electron chi connectivity index (χ3n) is 5.90. The van der Waals surface area contributed by atoms with Crippen LogP contribution in [0.25, 0.3) is 0 Å². The predicted molar refractivity (Wildman–Crippen MR) is 133 cm³/mol. The molecule has 0 aromatic heterocycles. The number of carbonyl (C=O) groups excluding carboxylic acids is 2. The SMILES string of the molecule is CNC(=O)c1ccc(NC(=O)Cc2ccc(S(=O)(=O)CC3CC3)cc2)cc1Cc1ccccc1. The third kappa shape index (κ3) is 6.11. The normalized spacial score (nSPS) is 13.3. The fourth-order valence-corrected chi connectivity index (χ4v) is 5.58. The van der Waals surface area contributed by atoms with Gasteiger partial charge in [0.15, 0.2) is 9.84 Å². The van der Waals surface area contributed by atoms with Gasteiger partial charge in [0.2, 0.25) is 5.91 Å². The van der Waals surface area contributed by atoms with Gasteiger partial charge in [0.25, 0.3) is 5.91 Å². The molecule has 3 aromatic carbocycles. The van der Waals surface area contributed by atoms with Crippen LogP contribution in [0.2, 0.25) is 0 Å². The van der Waals surface area contributed by atoms with E-state index >= 15 is 0 Å². The summed E-state index contributed by atoms with van der Waals surface area (Å²) in [6.07, 6.45) is 2.64. The summed E-state index contributed by atoms with van der Waals surface area (Å²) in [5, 5.41) is 5.55. The molecule has 1 fully saturated rings. The van der Waals surface area contributed by atoms with Crippen molar-refractivity contribution in [1.29, 1.82) is 0 Å². The van der Waals surface area contributed by atoms with E-state index in [0.29, 0.717) is 22.6 Å². The number of anilines is 1. The molecule has 0 atom stereocenters. The highest BCUT2D eigenvalue weighted by Gasteiger charge is 2.29. The zero-order chi connectivity index (χ0) is 24.1. The second-order valence-corrected chi connectivity index (χ2v) is 10.7. The summed E-state index contributed by atoms with van der Waals surface area (Å²) < 4.78 is 24.8. The lowest BCUT2D eigenvalue weighted by atomic mass is 9.98. The highest BCUT2D eigenvalue weighted by Crippen LogP contribution is 2.32. The predicted octanol–water partition coefficient (Wildman–Crippen LogP) is 4.00. The van der Waals surface area contributed by atoms with Crippen molar-refractivity contribution in [3.05, 3.63) is 95.1 Å². The van der Waals surface area contributed by atoms with Gasteiger partial charge in [0.05, 0.1) is 17.1 Å². The van der Waals surface area contributed by atoms with Crippen molar-refractivity contribution in [2.45, 2.75) is 30.6 Å². The molecule has 0 radical (unpaired) electrons. The Labute approximate surface area is 200 Å². The Balaban J connectivity index is 1.45. The molecular formula is C27H28N2O4S. The molecule has 3 aromatic rings. The van der Waals surface area contributed by atoms with Crippen LogP contribution in [0.15, 0.2) is 77.7 Å².